The molecular weight excluding hydrogens is 352 g/mol. The quantitative estimate of drug-likeness (QED) is 0.234. The van der Waals surface area contributed by atoms with E-state index in [9.17, 15) is 9.90 Å². The molecule has 1 aromatic rings. The largest absolute Gasteiger partial charge is 0.508 e. The molecule has 1 N–H and O–H groups in total. The van der Waals surface area contributed by atoms with Crippen LogP contribution in [0.1, 0.15) is 97.3 Å². The second-order valence-corrected chi connectivity index (χ2v) is 7.67. The maximum Gasteiger partial charge on any atom is 0.347 e. The van der Waals surface area contributed by atoms with Crippen LogP contribution in [0.3, 0.4) is 0 Å². The van der Waals surface area contributed by atoms with Crippen molar-refractivity contribution in [2.24, 2.45) is 0 Å². The van der Waals surface area contributed by atoms with Gasteiger partial charge in [0.2, 0.25) is 0 Å². The lowest BCUT2D eigenvalue weighted by atomic mass is 10.0. The SMILES string of the molecule is CCCCCCCCCCCCCCCOC(=O)C(C)Oc1cccc(O)c1. The zero-order valence-corrected chi connectivity index (χ0v) is 18.0. The molecule has 0 spiro atoms. The summed E-state index contributed by atoms with van der Waals surface area (Å²) in [6.07, 6.45) is 16.2. The van der Waals surface area contributed by atoms with Crippen LogP contribution in [0, 0.1) is 0 Å². The van der Waals surface area contributed by atoms with E-state index in [2.05, 4.69) is 6.92 Å². The Kier molecular flexibility index (Phi) is 14.1. The van der Waals surface area contributed by atoms with Crippen LogP contribution in [-0.2, 0) is 9.53 Å². The summed E-state index contributed by atoms with van der Waals surface area (Å²) in [5, 5.41) is 9.41. The Labute approximate surface area is 171 Å². The van der Waals surface area contributed by atoms with Crippen molar-refractivity contribution in [1.29, 1.82) is 0 Å². The zero-order chi connectivity index (χ0) is 20.5. The molecule has 0 fully saturated rings. The second-order valence-electron chi connectivity index (χ2n) is 7.67. The number of carbonyl (C=O) groups excluding carboxylic acids is 1. The first kappa shape index (κ1) is 24.3. The Morgan fingerprint density at radius 1 is 0.893 bits per heavy atom. The lowest BCUT2D eigenvalue weighted by Gasteiger charge is -2.14. The summed E-state index contributed by atoms with van der Waals surface area (Å²) in [7, 11) is 0. The molecule has 0 amide bonds. The van der Waals surface area contributed by atoms with Gasteiger partial charge in [0.15, 0.2) is 6.10 Å². The molecule has 1 atom stereocenters. The Balaban J connectivity index is 1.90. The highest BCUT2D eigenvalue weighted by atomic mass is 16.6. The number of hydrogen-bond acceptors (Lipinski definition) is 4. The fourth-order valence-corrected chi connectivity index (χ4v) is 3.22. The third kappa shape index (κ3) is 12.6. The smallest absolute Gasteiger partial charge is 0.347 e. The van der Waals surface area contributed by atoms with Crippen LogP contribution < -0.4 is 4.74 Å². The van der Waals surface area contributed by atoms with E-state index in [0.29, 0.717) is 12.4 Å². The van der Waals surface area contributed by atoms with E-state index in [1.54, 1.807) is 25.1 Å². The van der Waals surface area contributed by atoms with E-state index in [-0.39, 0.29) is 11.7 Å². The van der Waals surface area contributed by atoms with Gasteiger partial charge in [0.05, 0.1) is 6.61 Å². The first-order valence-corrected chi connectivity index (χ1v) is 11.3. The molecule has 0 saturated carbocycles. The van der Waals surface area contributed by atoms with Crippen molar-refractivity contribution < 1.29 is 19.4 Å². The highest BCUT2D eigenvalue weighted by Gasteiger charge is 2.16. The lowest BCUT2D eigenvalue weighted by molar-refractivity contribution is -0.151. The van der Waals surface area contributed by atoms with Crippen molar-refractivity contribution in [1.82, 2.24) is 0 Å². The fourth-order valence-electron chi connectivity index (χ4n) is 3.22. The van der Waals surface area contributed by atoms with Crippen LogP contribution in [0.25, 0.3) is 0 Å². The number of hydrogen-bond donors (Lipinski definition) is 1. The van der Waals surface area contributed by atoms with Crippen molar-refractivity contribution in [3.8, 4) is 11.5 Å². The van der Waals surface area contributed by atoms with Gasteiger partial charge in [-0.25, -0.2) is 4.79 Å². The number of phenols is 1. The van der Waals surface area contributed by atoms with Gasteiger partial charge >= 0.3 is 5.97 Å². The van der Waals surface area contributed by atoms with E-state index in [0.717, 1.165) is 12.8 Å². The summed E-state index contributed by atoms with van der Waals surface area (Å²) < 4.78 is 10.8. The molecular formula is C24H40O4. The molecule has 0 aromatic heterocycles. The van der Waals surface area contributed by atoms with Crippen molar-refractivity contribution in [3.05, 3.63) is 24.3 Å². The number of rotatable bonds is 17. The van der Waals surface area contributed by atoms with Gasteiger partial charge in [0.25, 0.3) is 0 Å². The minimum atomic E-state index is -0.677. The lowest BCUT2D eigenvalue weighted by Crippen LogP contribution is -2.26. The van der Waals surface area contributed by atoms with Crippen LogP contribution in [0.5, 0.6) is 11.5 Å². The van der Waals surface area contributed by atoms with Gasteiger partial charge in [0.1, 0.15) is 11.5 Å². The molecule has 0 saturated heterocycles. The van der Waals surface area contributed by atoms with Crippen molar-refractivity contribution in [3.63, 3.8) is 0 Å². The summed E-state index contributed by atoms with van der Waals surface area (Å²) in [4.78, 5) is 11.9. The van der Waals surface area contributed by atoms with Gasteiger partial charge in [0, 0.05) is 6.07 Å². The summed E-state index contributed by atoms with van der Waals surface area (Å²) in [6, 6.07) is 6.42. The van der Waals surface area contributed by atoms with Crippen molar-refractivity contribution in [2.75, 3.05) is 6.61 Å². The highest BCUT2D eigenvalue weighted by Crippen LogP contribution is 2.19. The maximum atomic E-state index is 11.9. The minimum absolute atomic E-state index is 0.116. The van der Waals surface area contributed by atoms with Crippen LogP contribution in [0.2, 0.25) is 0 Å². The average Bonchev–Trinajstić information content (AvgIpc) is 2.68. The van der Waals surface area contributed by atoms with E-state index in [1.165, 1.54) is 76.7 Å². The third-order valence-electron chi connectivity index (χ3n) is 4.95. The van der Waals surface area contributed by atoms with E-state index < -0.39 is 6.10 Å². The number of benzene rings is 1. The maximum absolute atomic E-state index is 11.9. The molecule has 0 aliphatic rings. The molecule has 160 valence electrons. The first-order valence-electron chi connectivity index (χ1n) is 11.3. The predicted octanol–water partition coefficient (Wildman–Crippen LogP) is 6.79. The van der Waals surface area contributed by atoms with Crippen molar-refractivity contribution in [2.45, 2.75) is 103 Å². The van der Waals surface area contributed by atoms with Gasteiger partial charge in [-0.15, -0.1) is 0 Å². The molecule has 1 rings (SSSR count). The third-order valence-corrected chi connectivity index (χ3v) is 4.95. The zero-order valence-electron chi connectivity index (χ0n) is 18.0. The predicted molar refractivity (Wildman–Crippen MR) is 115 cm³/mol. The molecule has 1 aromatic carbocycles. The summed E-state index contributed by atoms with van der Waals surface area (Å²) in [6.45, 7) is 4.37. The fraction of sp³-hybridized carbons (Fsp3) is 0.708. The van der Waals surface area contributed by atoms with Crippen molar-refractivity contribution >= 4 is 5.97 Å². The number of unbranched alkanes of at least 4 members (excludes halogenated alkanes) is 12. The number of phenolic OH excluding ortho intramolecular Hbond substituents is 1. The summed E-state index contributed by atoms with van der Waals surface area (Å²) in [5.41, 5.74) is 0. The summed E-state index contributed by atoms with van der Waals surface area (Å²) in [5.74, 6) is 0.220. The average molecular weight is 393 g/mol. The Morgan fingerprint density at radius 2 is 1.43 bits per heavy atom. The minimum Gasteiger partial charge on any atom is -0.508 e. The molecule has 4 nitrogen and oxygen atoms in total. The van der Waals surface area contributed by atoms with Crippen LogP contribution in [-0.4, -0.2) is 23.8 Å². The second kappa shape index (κ2) is 16.3. The number of esters is 1. The normalized spacial score (nSPS) is 11.9. The number of ether oxygens (including phenoxy) is 2. The first-order chi connectivity index (χ1) is 13.6. The molecule has 0 radical (unpaired) electrons. The topological polar surface area (TPSA) is 55.8 Å². The number of carbonyl (C=O) groups is 1. The van der Waals surface area contributed by atoms with E-state index in [4.69, 9.17) is 9.47 Å². The highest BCUT2D eigenvalue weighted by molar-refractivity contribution is 5.74. The number of aromatic hydroxyl groups is 1. The van der Waals surface area contributed by atoms with Gasteiger partial charge < -0.3 is 14.6 Å². The molecule has 1 unspecified atom stereocenters. The molecule has 28 heavy (non-hydrogen) atoms. The summed E-state index contributed by atoms with van der Waals surface area (Å²) >= 11 is 0. The van der Waals surface area contributed by atoms with Gasteiger partial charge in [-0.1, -0.05) is 90.0 Å². The van der Waals surface area contributed by atoms with Gasteiger partial charge in [-0.3, -0.25) is 0 Å². The molecule has 0 bridgehead atoms. The molecule has 0 heterocycles. The molecule has 4 heteroatoms. The monoisotopic (exact) mass is 392 g/mol. The Hall–Kier alpha value is -1.71. The van der Waals surface area contributed by atoms with Crippen LogP contribution >= 0.6 is 0 Å². The standard InChI is InChI=1S/C24H40O4/c1-3-4-5-6-7-8-9-10-11-12-13-14-15-19-27-24(26)21(2)28-23-18-16-17-22(25)20-23/h16-18,20-21,25H,3-15,19H2,1-2H3. The van der Waals surface area contributed by atoms with Crippen LogP contribution in [0.15, 0.2) is 24.3 Å². The van der Waals surface area contributed by atoms with E-state index in [1.807, 2.05) is 0 Å². The van der Waals surface area contributed by atoms with Gasteiger partial charge in [-0.05, 0) is 25.5 Å². The Bertz CT molecular complexity index is 515. The van der Waals surface area contributed by atoms with Gasteiger partial charge in [-0.2, -0.15) is 0 Å². The molecule has 0 aliphatic heterocycles. The van der Waals surface area contributed by atoms with E-state index >= 15 is 0 Å². The Morgan fingerprint density at radius 3 is 1.96 bits per heavy atom. The molecule has 0 aliphatic carbocycles. The van der Waals surface area contributed by atoms with Crippen LogP contribution in [0.4, 0.5) is 0 Å².